The second-order valence-electron chi connectivity index (χ2n) is 7.13. The molecule has 1 saturated heterocycles. The number of carbonyl (C=O) groups excluding carboxylic acids is 1. The van der Waals surface area contributed by atoms with Crippen LogP contribution in [0.25, 0.3) is 0 Å². The molecule has 162 valence electrons. The number of benzene rings is 2. The Hall–Kier alpha value is -1.80. The Kier molecular flexibility index (Phi) is 7.63. The lowest BCUT2D eigenvalue weighted by atomic mass is 10.1. The van der Waals surface area contributed by atoms with Crippen molar-refractivity contribution in [1.29, 1.82) is 0 Å². The van der Waals surface area contributed by atoms with Gasteiger partial charge in [-0.3, -0.25) is 9.69 Å². The zero-order chi connectivity index (χ0) is 21.7. The molecule has 1 amide bonds. The molecule has 0 spiro atoms. The van der Waals surface area contributed by atoms with E-state index < -0.39 is 12.8 Å². The lowest BCUT2D eigenvalue weighted by Crippen LogP contribution is -2.48. The largest absolute Gasteiger partial charge is 0.411 e. The van der Waals surface area contributed by atoms with Crippen LogP contribution >= 0.6 is 23.2 Å². The maximum atomic E-state index is 12.8. The summed E-state index contributed by atoms with van der Waals surface area (Å²) in [4.78, 5) is 16.8. The van der Waals surface area contributed by atoms with Gasteiger partial charge in [-0.25, -0.2) is 0 Å². The molecule has 2 aromatic rings. The Morgan fingerprint density at radius 2 is 1.70 bits per heavy atom. The lowest BCUT2D eigenvalue weighted by Gasteiger charge is -2.35. The minimum Gasteiger partial charge on any atom is -0.367 e. The highest BCUT2D eigenvalue weighted by Crippen LogP contribution is 2.23. The standard InChI is InChI=1S/C21H21Cl2F3N2O2/c22-18-5-4-15(11-19(18)23)12-27-6-8-28(9-7-27)20(29)17-3-1-2-16(10-17)13-30-14-21(24,25)26/h1-5,10-11H,6-9,12-14H2. The van der Waals surface area contributed by atoms with Gasteiger partial charge in [0.05, 0.1) is 16.7 Å². The molecule has 1 heterocycles. The van der Waals surface area contributed by atoms with E-state index >= 15 is 0 Å². The molecule has 0 bridgehead atoms. The fourth-order valence-corrected chi connectivity index (χ4v) is 3.59. The predicted molar refractivity (Wildman–Crippen MR) is 110 cm³/mol. The van der Waals surface area contributed by atoms with Gasteiger partial charge in [0.15, 0.2) is 0 Å². The van der Waals surface area contributed by atoms with Crippen LogP contribution in [0.1, 0.15) is 21.5 Å². The molecule has 1 aliphatic rings. The van der Waals surface area contributed by atoms with Crippen molar-refractivity contribution in [3.63, 3.8) is 0 Å². The molecule has 0 N–H and O–H groups in total. The predicted octanol–water partition coefficient (Wildman–Crippen LogP) is 5.03. The molecule has 1 aliphatic heterocycles. The number of nitrogens with zero attached hydrogens (tertiary/aromatic N) is 2. The second-order valence-corrected chi connectivity index (χ2v) is 7.94. The number of piperazine rings is 1. The van der Waals surface area contributed by atoms with Gasteiger partial charge in [-0.2, -0.15) is 13.2 Å². The van der Waals surface area contributed by atoms with Gasteiger partial charge in [0.2, 0.25) is 0 Å². The van der Waals surface area contributed by atoms with Gasteiger partial charge in [0.1, 0.15) is 6.61 Å². The van der Waals surface area contributed by atoms with Crippen LogP contribution in [0.5, 0.6) is 0 Å². The first kappa shape index (κ1) is 22.9. The highest BCUT2D eigenvalue weighted by Gasteiger charge is 2.27. The van der Waals surface area contributed by atoms with Crippen LogP contribution < -0.4 is 0 Å². The number of carbonyl (C=O) groups is 1. The summed E-state index contributed by atoms with van der Waals surface area (Å²) >= 11 is 12.0. The highest BCUT2D eigenvalue weighted by atomic mass is 35.5. The molecule has 4 nitrogen and oxygen atoms in total. The topological polar surface area (TPSA) is 32.8 Å². The van der Waals surface area contributed by atoms with Crippen molar-refractivity contribution < 1.29 is 22.7 Å². The Morgan fingerprint density at radius 1 is 0.967 bits per heavy atom. The Bertz CT molecular complexity index is 885. The average Bonchev–Trinajstić information content (AvgIpc) is 2.70. The van der Waals surface area contributed by atoms with Gasteiger partial charge in [-0.1, -0.05) is 41.4 Å². The van der Waals surface area contributed by atoms with E-state index in [1.807, 2.05) is 12.1 Å². The number of hydrogen-bond acceptors (Lipinski definition) is 3. The van der Waals surface area contributed by atoms with E-state index in [0.29, 0.717) is 53.9 Å². The maximum Gasteiger partial charge on any atom is 0.411 e. The molecule has 0 atom stereocenters. The van der Waals surface area contributed by atoms with Gasteiger partial charge in [0, 0.05) is 38.3 Å². The summed E-state index contributed by atoms with van der Waals surface area (Å²) in [5.74, 6) is -0.137. The van der Waals surface area contributed by atoms with E-state index in [2.05, 4.69) is 9.64 Å². The van der Waals surface area contributed by atoms with E-state index in [0.717, 1.165) is 5.56 Å². The molecule has 0 saturated carbocycles. The van der Waals surface area contributed by atoms with Crippen molar-refractivity contribution in [3.05, 3.63) is 69.2 Å². The third-order valence-electron chi connectivity index (χ3n) is 4.76. The SMILES string of the molecule is O=C(c1cccc(COCC(F)(F)F)c1)N1CCN(Cc2ccc(Cl)c(Cl)c2)CC1. The Morgan fingerprint density at radius 3 is 2.37 bits per heavy atom. The van der Waals surface area contributed by atoms with Crippen LogP contribution in [-0.4, -0.2) is 54.7 Å². The first-order valence-corrected chi connectivity index (χ1v) is 10.2. The van der Waals surface area contributed by atoms with E-state index in [1.54, 1.807) is 35.2 Å². The Labute approximate surface area is 183 Å². The van der Waals surface area contributed by atoms with Crippen molar-refractivity contribution in [2.75, 3.05) is 32.8 Å². The normalized spacial score (nSPS) is 15.4. The van der Waals surface area contributed by atoms with Crippen molar-refractivity contribution in [3.8, 4) is 0 Å². The van der Waals surface area contributed by atoms with Crippen LogP contribution in [0.4, 0.5) is 13.2 Å². The molecular formula is C21H21Cl2F3N2O2. The van der Waals surface area contributed by atoms with Gasteiger partial charge in [0.25, 0.3) is 5.91 Å². The second kappa shape index (κ2) is 10.0. The zero-order valence-electron chi connectivity index (χ0n) is 16.1. The molecule has 2 aromatic carbocycles. The van der Waals surface area contributed by atoms with Gasteiger partial charge >= 0.3 is 6.18 Å². The lowest BCUT2D eigenvalue weighted by molar-refractivity contribution is -0.176. The monoisotopic (exact) mass is 460 g/mol. The number of halogens is 5. The highest BCUT2D eigenvalue weighted by molar-refractivity contribution is 6.42. The summed E-state index contributed by atoms with van der Waals surface area (Å²) in [5, 5.41) is 1.03. The number of alkyl halides is 3. The summed E-state index contributed by atoms with van der Waals surface area (Å²) in [6, 6.07) is 12.1. The number of rotatable bonds is 6. The van der Waals surface area contributed by atoms with E-state index in [-0.39, 0.29) is 12.5 Å². The molecular weight excluding hydrogens is 440 g/mol. The molecule has 0 aromatic heterocycles. The van der Waals surface area contributed by atoms with Gasteiger partial charge < -0.3 is 9.64 Å². The molecule has 0 unspecified atom stereocenters. The Balaban J connectivity index is 1.52. The molecule has 9 heteroatoms. The maximum absolute atomic E-state index is 12.8. The summed E-state index contributed by atoms with van der Waals surface area (Å²) in [6.45, 7) is 1.75. The van der Waals surface area contributed by atoms with E-state index in [1.165, 1.54) is 0 Å². The van der Waals surface area contributed by atoms with Gasteiger partial charge in [-0.15, -0.1) is 0 Å². The third-order valence-corrected chi connectivity index (χ3v) is 5.50. The average molecular weight is 461 g/mol. The van der Waals surface area contributed by atoms with Crippen molar-refractivity contribution in [2.45, 2.75) is 19.3 Å². The molecule has 30 heavy (non-hydrogen) atoms. The van der Waals surface area contributed by atoms with Crippen LogP contribution in [0.2, 0.25) is 10.0 Å². The summed E-state index contributed by atoms with van der Waals surface area (Å²) in [7, 11) is 0. The minimum absolute atomic E-state index is 0.137. The quantitative estimate of drug-likeness (QED) is 0.605. The summed E-state index contributed by atoms with van der Waals surface area (Å²) < 4.78 is 41.3. The number of ether oxygens (including phenoxy) is 1. The van der Waals surface area contributed by atoms with Crippen LogP contribution in [0.15, 0.2) is 42.5 Å². The first-order valence-electron chi connectivity index (χ1n) is 9.40. The first-order chi connectivity index (χ1) is 14.2. The van der Waals surface area contributed by atoms with E-state index in [4.69, 9.17) is 23.2 Å². The van der Waals surface area contributed by atoms with Crippen LogP contribution in [0, 0.1) is 0 Å². The number of hydrogen-bond donors (Lipinski definition) is 0. The number of amides is 1. The third kappa shape index (κ3) is 6.60. The minimum atomic E-state index is -4.37. The fourth-order valence-electron chi connectivity index (χ4n) is 3.27. The molecule has 3 rings (SSSR count). The van der Waals surface area contributed by atoms with Crippen LogP contribution in [0.3, 0.4) is 0 Å². The summed E-state index contributed by atoms with van der Waals surface area (Å²) in [6.07, 6.45) is -4.37. The van der Waals surface area contributed by atoms with Gasteiger partial charge in [-0.05, 0) is 35.4 Å². The smallest absolute Gasteiger partial charge is 0.367 e. The van der Waals surface area contributed by atoms with Crippen molar-refractivity contribution in [2.24, 2.45) is 0 Å². The molecule has 1 fully saturated rings. The van der Waals surface area contributed by atoms with Crippen LogP contribution in [-0.2, 0) is 17.9 Å². The van der Waals surface area contributed by atoms with E-state index in [9.17, 15) is 18.0 Å². The van der Waals surface area contributed by atoms with Crippen molar-refractivity contribution >= 4 is 29.1 Å². The molecule has 0 aliphatic carbocycles. The van der Waals surface area contributed by atoms with Crippen molar-refractivity contribution in [1.82, 2.24) is 9.80 Å². The zero-order valence-corrected chi connectivity index (χ0v) is 17.6. The molecule has 0 radical (unpaired) electrons. The summed E-state index contributed by atoms with van der Waals surface area (Å²) in [5.41, 5.74) is 2.03. The fraction of sp³-hybridized carbons (Fsp3) is 0.381.